The first-order valence-electron chi connectivity index (χ1n) is 33.3. The summed E-state index contributed by atoms with van der Waals surface area (Å²) in [4.78, 5) is 4.74. The second-order valence-corrected chi connectivity index (χ2v) is 22.3. The summed E-state index contributed by atoms with van der Waals surface area (Å²) in [5, 5.41) is 0. The Bertz CT molecular complexity index is 4810. The van der Waals surface area contributed by atoms with Gasteiger partial charge in [0.1, 0.15) is 0 Å². The van der Waals surface area contributed by atoms with Crippen LogP contribution >= 0.6 is 0 Å². The van der Waals surface area contributed by atoms with Gasteiger partial charge in [-0.25, -0.2) is 0 Å². The zero-order valence-corrected chi connectivity index (χ0v) is 49.4. The fourth-order valence-corrected chi connectivity index (χ4v) is 12.3. The van der Waals surface area contributed by atoms with Crippen molar-refractivity contribution in [2.75, 3.05) is 9.80 Å². The Morgan fingerprint density at radius 3 is 0.711 bits per heavy atom. The molecule has 0 aromatic heterocycles. The lowest BCUT2D eigenvalue weighted by molar-refractivity contribution is 1.28. The summed E-state index contributed by atoms with van der Waals surface area (Å²) in [5.74, 6) is 0. The van der Waals surface area contributed by atoms with Crippen molar-refractivity contribution in [3.8, 4) is 100 Å². The van der Waals surface area contributed by atoms with Gasteiger partial charge < -0.3 is 9.80 Å². The molecule has 14 rings (SSSR count). The Morgan fingerprint density at radius 1 is 0.211 bits per heavy atom. The molecule has 14 aromatic carbocycles. The third-order valence-corrected chi connectivity index (χ3v) is 16.8. The SMILES string of the molecule is [2H]C([2H])=C([2H])c1cccc(-c2ccc(N(c3ccc(-c4ccc(N(c5ccc(-c6ccccc6)cc5-c5ccccc5)c5ccc(-c6cccc(C([2H])=C([2H])[2H])c6)cc5-c5ccccc5)cc4)cc3)c3ccc(-c4ccccc4)cc3-c3ccccc3)c(-c3ccccc3)c2)c1. The Kier molecular flexibility index (Phi) is 14.0. The highest BCUT2D eigenvalue weighted by atomic mass is 15.2. The first-order chi connectivity index (χ1) is 47.1. The highest BCUT2D eigenvalue weighted by molar-refractivity contribution is 5.99. The van der Waals surface area contributed by atoms with Crippen LogP contribution in [0.4, 0.5) is 34.1 Å². The minimum atomic E-state index is -0.532. The van der Waals surface area contributed by atoms with E-state index < -0.39 is 13.1 Å². The van der Waals surface area contributed by atoms with Crippen molar-refractivity contribution in [3.05, 3.63) is 376 Å². The number of rotatable bonds is 17. The van der Waals surface area contributed by atoms with Gasteiger partial charge in [-0.1, -0.05) is 292 Å². The van der Waals surface area contributed by atoms with Crippen LogP contribution in [0.3, 0.4) is 0 Å². The zero-order valence-electron chi connectivity index (χ0n) is 55.4. The van der Waals surface area contributed by atoms with E-state index in [1.165, 1.54) is 0 Å². The zero-order chi connectivity index (χ0) is 65.5. The minimum Gasteiger partial charge on any atom is -0.309 e. The van der Waals surface area contributed by atoms with Gasteiger partial charge in [-0.15, -0.1) is 0 Å². The van der Waals surface area contributed by atoms with Gasteiger partial charge in [-0.3, -0.25) is 0 Å². The lowest BCUT2D eigenvalue weighted by Crippen LogP contribution is -2.13. The van der Waals surface area contributed by atoms with Crippen molar-refractivity contribution in [1.82, 2.24) is 0 Å². The molecule has 0 aliphatic heterocycles. The van der Waals surface area contributed by atoms with E-state index in [2.05, 4.69) is 289 Å². The quantitative estimate of drug-likeness (QED) is 0.0897. The van der Waals surface area contributed by atoms with Crippen molar-refractivity contribution in [2.45, 2.75) is 0 Å². The Balaban J connectivity index is 0.923. The predicted octanol–water partition coefficient (Wildman–Crippen LogP) is 24.9. The molecule has 0 spiro atoms. The molecule has 0 aliphatic rings. The largest absolute Gasteiger partial charge is 0.309 e. The van der Waals surface area contributed by atoms with Gasteiger partial charge in [-0.2, -0.15) is 0 Å². The maximum atomic E-state index is 8.54. The Labute approximate surface area is 537 Å². The molecular weight excluding hydrogens is 1080 g/mol. The lowest BCUT2D eigenvalue weighted by atomic mass is 9.93. The highest BCUT2D eigenvalue weighted by Gasteiger charge is 2.25. The molecule has 2 heteroatoms. The van der Waals surface area contributed by atoms with Gasteiger partial charge in [0.2, 0.25) is 0 Å². The third-order valence-electron chi connectivity index (χ3n) is 16.8. The van der Waals surface area contributed by atoms with Gasteiger partial charge in [0.25, 0.3) is 0 Å². The summed E-state index contributed by atoms with van der Waals surface area (Å²) in [6.45, 7) is -1.06. The number of anilines is 6. The van der Waals surface area contributed by atoms with Crippen LogP contribution in [0.2, 0.25) is 0 Å². The molecule has 2 nitrogen and oxygen atoms in total. The minimum absolute atomic E-state index is 0.132. The molecule has 0 amide bonds. The molecule has 0 atom stereocenters. The van der Waals surface area contributed by atoms with Crippen LogP contribution in [0.1, 0.15) is 19.4 Å². The van der Waals surface area contributed by atoms with Crippen LogP contribution in [0.25, 0.3) is 112 Å². The molecule has 0 bridgehead atoms. The summed E-state index contributed by atoms with van der Waals surface area (Å²) in [6.07, 6.45) is 0. The second-order valence-electron chi connectivity index (χ2n) is 22.3. The van der Waals surface area contributed by atoms with Crippen LogP contribution in [0.15, 0.2) is 365 Å². The molecule has 426 valence electrons. The normalized spacial score (nSPS) is 11.8. The number of hydrogen-bond acceptors (Lipinski definition) is 2. The van der Waals surface area contributed by atoms with E-state index in [1.54, 1.807) is 12.1 Å². The first kappa shape index (κ1) is 49.3. The summed E-state index contributed by atoms with van der Waals surface area (Å²) >= 11 is 0. The molecule has 0 aliphatic carbocycles. The molecular formula is C88H64N2. The molecule has 90 heavy (non-hydrogen) atoms. The highest BCUT2D eigenvalue weighted by Crippen LogP contribution is 2.50. The number of benzene rings is 14. The fourth-order valence-electron chi connectivity index (χ4n) is 12.3. The number of nitrogens with zero attached hydrogens (tertiary/aromatic N) is 2. The molecule has 0 N–H and O–H groups in total. The Morgan fingerprint density at radius 2 is 0.433 bits per heavy atom. The number of hydrogen-bond donors (Lipinski definition) is 0. The molecule has 0 unspecified atom stereocenters. The van der Waals surface area contributed by atoms with Crippen molar-refractivity contribution in [2.24, 2.45) is 0 Å². The Hall–Kier alpha value is -11.8. The summed E-state index contributed by atoms with van der Waals surface area (Å²) in [6, 6.07) is 122. The second kappa shape index (κ2) is 25.6. The van der Waals surface area contributed by atoms with E-state index in [4.69, 9.17) is 8.22 Å². The van der Waals surface area contributed by atoms with Crippen LogP contribution in [-0.2, 0) is 0 Å². The average molecular weight is 1160 g/mol. The van der Waals surface area contributed by atoms with Crippen LogP contribution in [0.5, 0.6) is 0 Å². The topological polar surface area (TPSA) is 6.48 Å². The predicted molar refractivity (Wildman–Crippen MR) is 385 cm³/mol. The van der Waals surface area contributed by atoms with Crippen LogP contribution in [-0.4, -0.2) is 0 Å². The van der Waals surface area contributed by atoms with Crippen molar-refractivity contribution < 1.29 is 8.22 Å². The summed E-state index contributed by atoms with van der Waals surface area (Å²) in [7, 11) is 0. The monoisotopic (exact) mass is 1150 g/mol. The molecule has 0 radical (unpaired) electrons. The molecule has 14 aromatic rings. The average Bonchev–Trinajstić information content (AvgIpc) is 0.972. The van der Waals surface area contributed by atoms with Gasteiger partial charge in [-0.05, 0) is 174 Å². The summed E-state index contributed by atoms with van der Waals surface area (Å²) in [5.41, 5.74) is 25.2. The van der Waals surface area contributed by atoms with Crippen LogP contribution in [0, 0.1) is 0 Å². The third kappa shape index (κ3) is 11.7. The van der Waals surface area contributed by atoms with E-state index in [0.29, 0.717) is 11.1 Å². The van der Waals surface area contributed by atoms with Crippen molar-refractivity contribution in [3.63, 3.8) is 0 Å². The van der Waals surface area contributed by atoms with E-state index in [0.717, 1.165) is 134 Å². The first-order valence-corrected chi connectivity index (χ1v) is 30.3. The van der Waals surface area contributed by atoms with E-state index in [-0.39, 0.29) is 12.1 Å². The summed E-state index contributed by atoms with van der Waals surface area (Å²) < 4.78 is 48.9. The van der Waals surface area contributed by atoms with Crippen molar-refractivity contribution >= 4 is 46.2 Å². The van der Waals surface area contributed by atoms with Gasteiger partial charge >= 0.3 is 0 Å². The van der Waals surface area contributed by atoms with E-state index in [9.17, 15) is 0 Å². The van der Waals surface area contributed by atoms with E-state index in [1.807, 2.05) is 60.7 Å². The fraction of sp³-hybridized carbons (Fsp3) is 0. The maximum Gasteiger partial charge on any atom is 0.0623 e. The van der Waals surface area contributed by atoms with Crippen molar-refractivity contribution in [1.29, 1.82) is 0 Å². The smallest absolute Gasteiger partial charge is 0.0623 e. The molecule has 0 fully saturated rings. The molecule has 0 heterocycles. The maximum absolute atomic E-state index is 8.54. The van der Waals surface area contributed by atoms with Gasteiger partial charge in [0, 0.05) is 33.6 Å². The molecule has 0 saturated carbocycles. The van der Waals surface area contributed by atoms with Gasteiger partial charge in [0.05, 0.1) is 31.0 Å². The molecule has 0 saturated heterocycles. The van der Waals surface area contributed by atoms with E-state index >= 15 is 0 Å². The van der Waals surface area contributed by atoms with Gasteiger partial charge in [0.15, 0.2) is 0 Å². The lowest BCUT2D eigenvalue weighted by Gasteiger charge is -2.31. The standard InChI is InChI=1S/C88H64N2/c1-3-63-25-23-39-73(57-63)77-47-55-87(83(61-77)71-35-19-9-20-36-71)89(85-53-45-75(65-27-11-5-12-28-65)59-81(85)69-31-15-7-16-32-69)79-49-41-67(42-50-79)68-43-51-80(52-44-68)90(86-54-46-76(66-29-13-6-14-30-66)60-82(86)70-33-17-8-18-34-70)88-56-48-78(74-40-24-26-64(4-2)58-74)62-84(88)72-37-21-10-22-38-72/h3-62H,1-2H2/i1D2,2D2,3D,4D. The van der Waals surface area contributed by atoms with Crippen LogP contribution < -0.4 is 9.80 Å².